The van der Waals surface area contributed by atoms with Crippen LogP contribution in [-0.2, 0) is 24.4 Å². The van der Waals surface area contributed by atoms with E-state index in [0.29, 0.717) is 55.5 Å². The lowest BCUT2D eigenvalue weighted by Gasteiger charge is -2.21. The molecule has 11 heteroatoms. The number of aromatic nitrogens is 2. The van der Waals surface area contributed by atoms with Gasteiger partial charge in [-0.3, -0.25) is 13.9 Å². The molecule has 4 heterocycles. The van der Waals surface area contributed by atoms with Crippen LogP contribution < -0.4 is 11.2 Å². The molecular weight excluding hydrogens is 458 g/mol. The summed E-state index contributed by atoms with van der Waals surface area (Å²) >= 11 is 1.43. The third-order valence-corrected chi connectivity index (χ3v) is 7.59. The molecule has 1 unspecified atom stereocenters. The highest BCUT2D eigenvalue weighted by molar-refractivity contribution is 7.18. The minimum absolute atomic E-state index is 0.0473. The van der Waals surface area contributed by atoms with E-state index in [0.717, 1.165) is 23.3 Å². The maximum Gasteiger partial charge on any atom is 0.434 e. The average molecular weight is 492 g/mol. The Hall–Kier alpha value is -2.66. The Kier molecular flexibility index (Phi) is 6.61. The predicted molar refractivity (Wildman–Crippen MR) is 132 cm³/mol. The summed E-state index contributed by atoms with van der Waals surface area (Å²) in [7, 11) is 1.81. The van der Waals surface area contributed by atoms with Gasteiger partial charge in [0.25, 0.3) is 5.56 Å². The van der Waals surface area contributed by atoms with Crippen LogP contribution in [0.1, 0.15) is 44.1 Å². The number of guanidine groups is 1. The van der Waals surface area contributed by atoms with E-state index in [9.17, 15) is 19.5 Å². The van der Waals surface area contributed by atoms with E-state index in [4.69, 9.17) is 4.74 Å². The minimum atomic E-state index is -1.24. The van der Waals surface area contributed by atoms with E-state index < -0.39 is 6.09 Å². The normalized spacial score (nSPS) is 20.3. The van der Waals surface area contributed by atoms with Gasteiger partial charge in [-0.2, -0.15) is 0 Å². The van der Waals surface area contributed by atoms with Crippen LogP contribution >= 0.6 is 11.3 Å². The lowest BCUT2D eigenvalue weighted by atomic mass is 9.97. The van der Waals surface area contributed by atoms with Crippen molar-refractivity contribution in [1.29, 1.82) is 0 Å². The zero-order valence-electron chi connectivity index (χ0n) is 20.5. The lowest BCUT2D eigenvalue weighted by Crippen LogP contribution is -2.43. The molecule has 1 N–H and O–H groups in total. The monoisotopic (exact) mass is 491 g/mol. The van der Waals surface area contributed by atoms with Crippen molar-refractivity contribution < 1.29 is 14.6 Å². The Balaban J connectivity index is 1.84. The summed E-state index contributed by atoms with van der Waals surface area (Å²) in [6, 6.07) is 0. The number of aryl methyl sites for hydroxylation is 1. The first-order valence-corrected chi connectivity index (χ1v) is 12.4. The van der Waals surface area contributed by atoms with Crippen LogP contribution in [0.15, 0.2) is 14.6 Å². The Bertz CT molecular complexity index is 1250. The molecule has 2 saturated heterocycles. The molecule has 186 valence electrons. The third-order valence-electron chi connectivity index (χ3n) is 6.30. The van der Waals surface area contributed by atoms with Gasteiger partial charge in [-0.1, -0.05) is 20.8 Å². The van der Waals surface area contributed by atoms with Crippen molar-refractivity contribution in [1.82, 2.24) is 18.9 Å². The second kappa shape index (κ2) is 9.18. The molecule has 0 aromatic carbocycles. The number of hydrogen-bond acceptors (Lipinski definition) is 5. The van der Waals surface area contributed by atoms with Crippen molar-refractivity contribution in [3.8, 4) is 0 Å². The molecule has 10 nitrogen and oxygen atoms in total. The van der Waals surface area contributed by atoms with Crippen LogP contribution in [-0.4, -0.2) is 68.9 Å². The Morgan fingerprint density at radius 3 is 2.59 bits per heavy atom. The van der Waals surface area contributed by atoms with Crippen molar-refractivity contribution in [2.75, 3.05) is 26.7 Å². The lowest BCUT2D eigenvalue weighted by molar-refractivity contribution is 0.0964. The zero-order chi connectivity index (χ0) is 24.8. The van der Waals surface area contributed by atoms with Crippen LogP contribution in [0.3, 0.4) is 0 Å². The highest BCUT2D eigenvalue weighted by Crippen LogP contribution is 2.31. The molecule has 1 amide bonds. The summed E-state index contributed by atoms with van der Waals surface area (Å²) in [6.45, 7) is 11.1. The number of nitrogens with zero attached hydrogens (tertiary/aromatic N) is 5. The van der Waals surface area contributed by atoms with Gasteiger partial charge in [-0.25, -0.2) is 9.59 Å². The molecule has 1 atom stereocenters. The minimum Gasteiger partial charge on any atom is -0.463 e. The zero-order valence-corrected chi connectivity index (χ0v) is 21.3. The molecule has 0 aliphatic carbocycles. The number of hydrogen-bond donors (Lipinski definition) is 1. The number of fused-ring (bicyclic) bond motifs is 1. The first-order valence-electron chi connectivity index (χ1n) is 11.6. The van der Waals surface area contributed by atoms with Crippen molar-refractivity contribution in [2.45, 2.75) is 66.3 Å². The summed E-state index contributed by atoms with van der Waals surface area (Å²) in [5, 5.41) is 9.74. The molecular formula is C23H33N5O5S. The number of carbonyl (C=O) groups is 1. The van der Waals surface area contributed by atoms with Gasteiger partial charge < -0.3 is 19.6 Å². The number of aliphatic imine (C=N–C) groups is 1. The SMILES string of the molecule is Cc1c(CN2CCN(C)C2=NC(=O)O)sc2c1c(=O)n(CC(C)(C)C)c(=O)n2CC1CCCO1. The number of amides is 1. The molecule has 2 aliphatic rings. The van der Waals surface area contributed by atoms with Crippen molar-refractivity contribution in [3.05, 3.63) is 31.3 Å². The van der Waals surface area contributed by atoms with E-state index in [1.807, 2.05) is 39.6 Å². The average Bonchev–Trinajstić information content (AvgIpc) is 3.44. The van der Waals surface area contributed by atoms with E-state index in [2.05, 4.69) is 4.99 Å². The number of thiophene rings is 1. The molecule has 2 fully saturated rings. The highest BCUT2D eigenvalue weighted by Gasteiger charge is 2.29. The van der Waals surface area contributed by atoms with Gasteiger partial charge in [-0.05, 0) is 30.7 Å². The van der Waals surface area contributed by atoms with Gasteiger partial charge in [0, 0.05) is 38.2 Å². The Morgan fingerprint density at radius 1 is 1.24 bits per heavy atom. The molecule has 0 spiro atoms. The molecule has 34 heavy (non-hydrogen) atoms. The van der Waals surface area contributed by atoms with Crippen LogP contribution in [0, 0.1) is 12.3 Å². The van der Waals surface area contributed by atoms with Gasteiger partial charge in [-0.15, -0.1) is 16.3 Å². The third kappa shape index (κ3) is 4.76. The maximum atomic E-state index is 13.6. The summed E-state index contributed by atoms with van der Waals surface area (Å²) in [6.07, 6.45) is 0.567. The topological polar surface area (TPSA) is 109 Å². The molecule has 0 saturated carbocycles. The molecule has 2 aliphatic heterocycles. The number of ether oxygens (including phenoxy) is 1. The fourth-order valence-electron chi connectivity index (χ4n) is 4.63. The first kappa shape index (κ1) is 24.5. The van der Waals surface area contributed by atoms with E-state index in [-0.39, 0.29) is 22.8 Å². The summed E-state index contributed by atoms with van der Waals surface area (Å²) in [4.78, 5) is 47.3. The molecule has 2 aromatic rings. The van der Waals surface area contributed by atoms with Crippen LogP contribution in [0.2, 0.25) is 0 Å². The van der Waals surface area contributed by atoms with Crippen molar-refractivity contribution in [2.24, 2.45) is 10.4 Å². The number of rotatable bonds is 5. The van der Waals surface area contributed by atoms with E-state index >= 15 is 0 Å². The molecule has 2 aromatic heterocycles. The van der Waals surface area contributed by atoms with Gasteiger partial charge in [0.05, 0.1) is 24.6 Å². The van der Waals surface area contributed by atoms with Crippen LogP contribution in [0.25, 0.3) is 10.2 Å². The Labute approximate surface area is 202 Å². The van der Waals surface area contributed by atoms with E-state index in [1.54, 1.807) is 9.47 Å². The maximum absolute atomic E-state index is 13.6. The first-order chi connectivity index (χ1) is 16.0. The second-order valence-electron chi connectivity index (χ2n) is 10.3. The van der Waals surface area contributed by atoms with Crippen LogP contribution in [0.4, 0.5) is 4.79 Å². The Morgan fingerprint density at radius 2 is 1.97 bits per heavy atom. The van der Waals surface area contributed by atoms with Gasteiger partial charge in [0.15, 0.2) is 0 Å². The van der Waals surface area contributed by atoms with Crippen molar-refractivity contribution >= 4 is 33.6 Å². The molecule has 0 bridgehead atoms. The summed E-state index contributed by atoms with van der Waals surface area (Å²) in [5.74, 6) is 0.395. The van der Waals surface area contributed by atoms with Gasteiger partial charge >= 0.3 is 11.8 Å². The van der Waals surface area contributed by atoms with Crippen molar-refractivity contribution in [3.63, 3.8) is 0 Å². The largest absolute Gasteiger partial charge is 0.463 e. The fraction of sp³-hybridized carbons (Fsp3) is 0.652. The fourth-order valence-corrected chi connectivity index (χ4v) is 5.95. The van der Waals surface area contributed by atoms with E-state index in [1.165, 1.54) is 15.9 Å². The van der Waals surface area contributed by atoms with Gasteiger partial charge in [0.1, 0.15) is 4.83 Å². The number of carboxylic acid groups (broad SMARTS) is 1. The van der Waals surface area contributed by atoms with Crippen LogP contribution in [0.5, 0.6) is 0 Å². The highest BCUT2D eigenvalue weighted by atomic mass is 32.1. The predicted octanol–water partition coefficient (Wildman–Crippen LogP) is 2.54. The summed E-state index contributed by atoms with van der Waals surface area (Å²) in [5.41, 5.74) is 0.0205. The summed E-state index contributed by atoms with van der Waals surface area (Å²) < 4.78 is 8.88. The molecule has 0 radical (unpaired) electrons. The molecule has 4 rings (SSSR count). The number of likely N-dealkylation sites (N-methyl/N-ethyl adjacent to an activating group) is 1. The standard InChI is InChI=1S/C23H33N5O5S/c1-14-16(12-26-9-8-25(5)20(26)24-21(30)31)34-19-17(14)18(29)28(13-23(2,3)4)22(32)27(19)11-15-7-6-10-33-15/h15H,6-13H2,1-5H3,(H,30,31). The van der Waals surface area contributed by atoms with Gasteiger partial charge in [0.2, 0.25) is 5.96 Å². The quantitative estimate of drug-likeness (QED) is 0.684. The second-order valence-corrected chi connectivity index (χ2v) is 11.4. The smallest absolute Gasteiger partial charge is 0.434 e.